The van der Waals surface area contributed by atoms with Crippen molar-refractivity contribution >= 4 is 35.8 Å². The van der Waals surface area contributed by atoms with Gasteiger partial charge in [-0.15, -0.1) is 0 Å². The van der Waals surface area contributed by atoms with Crippen molar-refractivity contribution in [2.75, 3.05) is 12.5 Å². The third-order valence-corrected chi connectivity index (χ3v) is 4.49. The van der Waals surface area contributed by atoms with Crippen LogP contribution in [-0.4, -0.2) is 60.4 Å². The molecule has 0 aliphatic heterocycles. The Labute approximate surface area is 193 Å². The summed E-state index contributed by atoms with van der Waals surface area (Å²) in [7, 11) is 1.64. The van der Waals surface area contributed by atoms with Crippen LogP contribution in [0.4, 0.5) is 5.69 Å². The van der Waals surface area contributed by atoms with Crippen LogP contribution in [0.3, 0.4) is 0 Å². The fraction of sp³-hybridized carbons (Fsp3) is 0.476. The summed E-state index contributed by atoms with van der Waals surface area (Å²) < 4.78 is 0. The lowest BCUT2D eigenvalue weighted by atomic mass is 10.0. The Morgan fingerprint density at radius 3 is 2.06 bits per heavy atom. The first-order chi connectivity index (χ1) is 15.6. The maximum atomic E-state index is 12.8. The lowest BCUT2D eigenvalue weighted by Gasteiger charge is -2.26. The molecule has 0 bridgehead atoms. The van der Waals surface area contributed by atoms with E-state index in [-0.39, 0.29) is 31.1 Å². The summed E-state index contributed by atoms with van der Waals surface area (Å²) in [6.07, 6.45) is -0.0613. The molecule has 184 valence electrons. The van der Waals surface area contributed by atoms with Crippen LogP contribution in [0.25, 0.3) is 0 Å². The number of para-hydroxylation sites is 1. The summed E-state index contributed by atoms with van der Waals surface area (Å²) in [5, 5.41) is 15.0. The quantitative estimate of drug-likeness (QED) is 0.156. The lowest BCUT2D eigenvalue weighted by molar-refractivity contribution is -0.133. The van der Waals surface area contributed by atoms with Gasteiger partial charge in [-0.05, 0) is 38.4 Å². The van der Waals surface area contributed by atoms with Crippen molar-refractivity contribution in [3.05, 3.63) is 30.3 Å². The fourth-order valence-corrected chi connectivity index (χ4v) is 2.50. The van der Waals surface area contributed by atoms with Gasteiger partial charge in [-0.25, -0.2) is 0 Å². The first-order valence-corrected chi connectivity index (χ1v) is 10.3. The highest BCUT2D eigenvalue weighted by atomic mass is 16.3. The second-order valence-electron chi connectivity index (χ2n) is 7.39. The Hall–Kier alpha value is -3.67. The van der Waals surface area contributed by atoms with E-state index < -0.39 is 35.8 Å². The van der Waals surface area contributed by atoms with Gasteiger partial charge in [0.15, 0.2) is 0 Å². The Balaban J connectivity index is 0.00000322. The molecule has 0 radical (unpaired) electrons. The van der Waals surface area contributed by atoms with E-state index >= 15 is 0 Å². The Morgan fingerprint density at radius 2 is 1.58 bits per heavy atom. The van der Waals surface area contributed by atoms with Crippen LogP contribution in [0.2, 0.25) is 0 Å². The van der Waals surface area contributed by atoms with Gasteiger partial charge in [-0.2, -0.15) is 0 Å². The normalized spacial score (nSPS) is 12.8. The van der Waals surface area contributed by atoms with Crippen molar-refractivity contribution in [1.29, 1.82) is 0 Å². The van der Waals surface area contributed by atoms with E-state index in [4.69, 9.17) is 15.6 Å². The first-order valence-electron chi connectivity index (χ1n) is 10.3. The van der Waals surface area contributed by atoms with Crippen LogP contribution in [0.1, 0.15) is 33.6 Å². The van der Waals surface area contributed by atoms with Crippen molar-refractivity contribution in [1.82, 2.24) is 21.4 Å². The molecule has 0 spiro atoms. The molecule has 4 amide bonds. The van der Waals surface area contributed by atoms with Gasteiger partial charge in [0, 0.05) is 6.42 Å². The summed E-state index contributed by atoms with van der Waals surface area (Å²) in [4.78, 5) is 57.1. The third kappa shape index (κ3) is 12.1. The number of carbonyl (C=O) groups excluding carboxylic acids is 4. The second kappa shape index (κ2) is 16.0. The number of hydrogen-bond acceptors (Lipinski definition) is 7. The molecule has 0 aromatic heterocycles. The number of amides is 4. The van der Waals surface area contributed by atoms with Crippen LogP contribution in [-0.2, 0) is 24.0 Å². The summed E-state index contributed by atoms with van der Waals surface area (Å²) in [5.74, 6) is -2.21. The van der Waals surface area contributed by atoms with Gasteiger partial charge < -0.3 is 26.8 Å². The van der Waals surface area contributed by atoms with E-state index in [1.165, 1.54) is 0 Å². The maximum Gasteiger partial charge on any atom is 0.290 e. The molecule has 8 N–H and O–H groups in total. The second-order valence-corrected chi connectivity index (χ2v) is 7.39. The third-order valence-electron chi connectivity index (χ3n) is 4.49. The number of rotatable bonds is 12. The van der Waals surface area contributed by atoms with Crippen molar-refractivity contribution in [3.8, 4) is 0 Å². The van der Waals surface area contributed by atoms with Crippen LogP contribution in [0, 0.1) is 5.92 Å². The molecule has 0 saturated carbocycles. The topological polar surface area (TPSA) is 192 Å². The highest BCUT2D eigenvalue weighted by molar-refractivity contribution is 5.93. The number of anilines is 1. The average Bonchev–Trinajstić information content (AvgIpc) is 2.78. The molecule has 0 saturated heterocycles. The van der Waals surface area contributed by atoms with Gasteiger partial charge in [0.25, 0.3) is 12.4 Å². The maximum absolute atomic E-state index is 12.8. The molecular weight excluding hydrogens is 432 g/mol. The van der Waals surface area contributed by atoms with E-state index in [0.717, 1.165) is 0 Å². The monoisotopic (exact) mass is 466 g/mol. The summed E-state index contributed by atoms with van der Waals surface area (Å²) in [6.45, 7) is 4.98. The number of carboxylic acid groups (broad SMARTS) is 1. The van der Waals surface area contributed by atoms with Gasteiger partial charge in [0.2, 0.25) is 17.7 Å². The van der Waals surface area contributed by atoms with Crippen LogP contribution in [0.15, 0.2) is 30.3 Å². The molecule has 33 heavy (non-hydrogen) atoms. The molecule has 1 aromatic rings. The Morgan fingerprint density at radius 1 is 1.00 bits per heavy atom. The number of likely N-dealkylation sites (N-methyl/N-ethyl adjacent to an activating group) is 1. The summed E-state index contributed by atoms with van der Waals surface area (Å²) in [6, 6.07) is 6.59. The van der Waals surface area contributed by atoms with E-state index in [9.17, 15) is 19.2 Å². The van der Waals surface area contributed by atoms with Crippen molar-refractivity contribution in [2.45, 2.75) is 51.7 Å². The molecule has 0 unspecified atom stereocenters. The number of hydrazine groups is 1. The lowest BCUT2D eigenvalue weighted by Crippen LogP contribution is -2.57. The predicted octanol–water partition coefficient (Wildman–Crippen LogP) is -0.670. The largest absolute Gasteiger partial charge is 0.483 e. The zero-order valence-electron chi connectivity index (χ0n) is 19.3. The molecule has 0 heterocycles. The van der Waals surface area contributed by atoms with Crippen molar-refractivity contribution < 1.29 is 29.1 Å². The molecule has 1 rings (SSSR count). The summed E-state index contributed by atoms with van der Waals surface area (Å²) >= 11 is 0. The minimum atomic E-state index is -1.01. The van der Waals surface area contributed by atoms with Crippen molar-refractivity contribution in [3.63, 3.8) is 0 Å². The molecule has 0 aliphatic carbocycles. The van der Waals surface area contributed by atoms with E-state index in [1.54, 1.807) is 52.1 Å². The number of primary amides is 1. The van der Waals surface area contributed by atoms with Crippen LogP contribution in [0.5, 0.6) is 0 Å². The van der Waals surface area contributed by atoms with E-state index in [1.807, 2.05) is 6.07 Å². The standard InChI is InChI=1S/C20H32N6O4.CH2O2/c1-12(2)17(24-18(28)13(3)22-4)20(30)23-15(10-11-16(21)27)19(29)26-25-14-8-6-5-7-9-14;2-1-3/h5-9,12-13,15,17,22,25H,10-11H2,1-4H3,(H2,21,27)(H,23,30)(H,24,28)(H,26,29);1H,(H,2,3)/t13-,15-,17-;/m0./s1. The molecule has 1 aromatic carbocycles. The van der Waals surface area contributed by atoms with Gasteiger partial charge in [0.05, 0.1) is 11.7 Å². The van der Waals surface area contributed by atoms with Crippen molar-refractivity contribution in [2.24, 2.45) is 11.7 Å². The van der Waals surface area contributed by atoms with Crippen LogP contribution >= 0.6 is 0 Å². The minimum absolute atomic E-state index is 0.0229. The van der Waals surface area contributed by atoms with Gasteiger partial charge in [-0.3, -0.25) is 34.8 Å². The highest BCUT2D eigenvalue weighted by Crippen LogP contribution is 2.07. The zero-order valence-corrected chi connectivity index (χ0v) is 19.3. The average molecular weight is 467 g/mol. The zero-order chi connectivity index (χ0) is 25.4. The number of benzene rings is 1. The Kier molecular flexibility index (Phi) is 14.2. The summed E-state index contributed by atoms with van der Waals surface area (Å²) in [5.41, 5.74) is 11.1. The number of nitrogens with one attached hydrogen (secondary N) is 5. The van der Waals surface area contributed by atoms with Gasteiger partial charge >= 0.3 is 0 Å². The van der Waals surface area contributed by atoms with E-state index in [0.29, 0.717) is 5.69 Å². The molecular formula is C21H34N6O6. The number of nitrogens with two attached hydrogens (primary N) is 1. The molecule has 12 nitrogen and oxygen atoms in total. The molecule has 0 fully saturated rings. The fourth-order valence-electron chi connectivity index (χ4n) is 2.50. The Bertz CT molecular complexity index is 774. The molecule has 12 heteroatoms. The van der Waals surface area contributed by atoms with E-state index in [2.05, 4.69) is 26.8 Å². The van der Waals surface area contributed by atoms with Gasteiger partial charge in [0.1, 0.15) is 12.1 Å². The molecule has 0 aliphatic rings. The molecule has 3 atom stereocenters. The minimum Gasteiger partial charge on any atom is -0.483 e. The smallest absolute Gasteiger partial charge is 0.290 e. The predicted molar refractivity (Wildman–Crippen MR) is 123 cm³/mol. The van der Waals surface area contributed by atoms with Crippen LogP contribution < -0.4 is 32.5 Å². The SMILES string of the molecule is CN[C@@H](C)C(=O)N[C@H](C(=O)N[C@@H](CCC(N)=O)C(=O)NNc1ccccc1)C(C)C.O=CO. The highest BCUT2D eigenvalue weighted by Gasteiger charge is 2.29. The number of carbonyl (C=O) groups is 5. The first kappa shape index (κ1) is 29.3. The van der Waals surface area contributed by atoms with Gasteiger partial charge in [-0.1, -0.05) is 32.0 Å². The number of hydrogen-bond donors (Lipinski definition) is 7.